The molecule has 0 radical (unpaired) electrons. The number of nitro groups is 1. The average molecular weight is 408 g/mol. The van der Waals surface area contributed by atoms with E-state index in [0.29, 0.717) is 19.6 Å². The van der Waals surface area contributed by atoms with Crippen LogP contribution in [0.5, 0.6) is 0 Å². The molecule has 152 valence electrons. The van der Waals surface area contributed by atoms with E-state index in [1.165, 1.54) is 12.1 Å². The van der Waals surface area contributed by atoms with E-state index in [1.54, 1.807) is 11.8 Å². The van der Waals surface area contributed by atoms with Crippen LogP contribution in [0.2, 0.25) is 0 Å². The summed E-state index contributed by atoms with van der Waals surface area (Å²) in [6, 6.07) is 3.86. The predicted molar refractivity (Wildman–Crippen MR) is 105 cm³/mol. The van der Waals surface area contributed by atoms with Crippen LogP contribution in [-0.4, -0.2) is 56.1 Å². The number of nitro benzene ring substituents is 1. The van der Waals surface area contributed by atoms with Gasteiger partial charge in [0.2, 0.25) is 12.5 Å². The van der Waals surface area contributed by atoms with Crippen LogP contribution in [0.15, 0.2) is 23.1 Å². The summed E-state index contributed by atoms with van der Waals surface area (Å²) >= 11 is 0. The molecule has 1 amide bonds. The lowest BCUT2D eigenvalue weighted by Gasteiger charge is -2.31. The number of sulfone groups is 1. The minimum absolute atomic E-state index is 0.0512. The van der Waals surface area contributed by atoms with Crippen LogP contribution < -0.4 is 5.32 Å². The first-order valence-electron chi connectivity index (χ1n) is 9.08. The molecule has 0 atom stereocenters. The first-order chi connectivity index (χ1) is 13.2. The summed E-state index contributed by atoms with van der Waals surface area (Å²) < 4.78 is 24.6. The highest BCUT2D eigenvalue weighted by Crippen LogP contribution is 2.29. The molecule has 9 nitrogen and oxygen atoms in total. The van der Waals surface area contributed by atoms with Gasteiger partial charge in [0.25, 0.3) is 5.69 Å². The molecule has 1 fully saturated rings. The van der Waals surface area contributed by atoms with E-state index in [1.807, 2.05) is 0 Å². The van der Waals surface area contributed by atoms with Crippen LogP contribution in [0.4, 0.5) is 11.4 Å². The zero-order valence-corrected chi connectivity index (χ0v) is 16.6. The van der Waals surface area contributed by atoms with E-state index >= 15 is 0 Å². The van der Waals surface area contributed by atoms with E-state index < -0.39 is 14.8 Å². The summed E-state index contributed by atoms with van der Waals surface area (Å²) in [5.74, 6) is 0.121. The number of rotatable bonds is 8. The van der Waals surface area contributed by atoms with E-state index in [0.717, 1.165) is 18.9 Å². The molecule has 1 saturated heterocycles. The third-order valence-corrected chi connectivity index (χ3v) is 6.65. The molecule has 1 aliphatic rings. The number of carbonyl (C=O) groups excluding carboxylic acids is 1. The quantitative estimate of drug-likeness (QED) is 0.306. The van der Waals surface area contributed by atoms with Crippen molar-refractivity contribution in [1.29, 1.82) is 0 Å². The van der Waals surface area contributed by atoms with Gasteiger partial charge < -0.3 is 15.1 Å². The Balaban J connectivity index is 2.06. The van der Waals surface area contributed by atoms with Gasteiger partial charge in [0.1, 0.15) is 5.69 Å². The van der Waals surface area contributed by atoms with Gasteiger partial charge >= 0.3 is 0 Å². The van der Waals surface area contributed by atoms with E-state index in [9.17, 15) is 23.3 Å². The first-order valence-corrected chi connectivity index (χ1v) is 10.7. The zero-order valence-electron chi connectivity index (χ0n) is 15.8. The molecule has 0 unspecified atom stereocenters. The topological polar surface area (TPSA) is 114 Å². The van der Waals surface area contributed by atoms with Gasteiger partial charge in [-0.25, -0.2) is 15.0 Å². The van der Waals surface area contributed by atoms with Crippen LogP contribution in [-0.2, 0) is 14.6 Å². The molecule has 1 aliphatic heterocycles. The largest absolute Gasteiger partial charge is 0.379 e. The van der Waals surface area contributed by atoms with E-state index in [-0.39, 0.29) is 46.8 Å². The van der Waals surface area contributed by atoms with Crippen LogP contribution in [0.25, 0.3) is 4.85 Å². The molecule has 28 heavy (non-hydrogen) atoms. The molecule has 0 aromatic heterocycles. The van der Waals surface area contributed by atoms with Crippen molar-refractivity contribution in [3.05, 3.63) is 39.7 Å². The smallest absolute Gasteiger partial charge is 0.293 e. The highest BCUT2D eigenvalue weighted by atomic mass is 32.2. The highest BCUT2D eigenvalue weighted by Gasteiger charge is 2.24. The van der Waals surface area contributed by atoms with Gasteiger partial charge in [0.15, 0.2) is 9.84 Å². The van der Waals surface area contributed by atoms with Crippen molar-refractivity contribution in [3.63, 3.8) is 0 Å². The number of likely N-dealkylation sites (tertiary alicyclic amines) is 1. The summed E-state index contributed by atoms with van der Waals surface area (Å²) in [5, 5.41) is 14.5. The van der Waals surface area contributed by atoms with Gasteiger partial charge in [0, 0.05) is 39.0 Å². The molecular weight excluding hydrogens is 384 g/mol. The minimum atomic E-state index is -3.67. The van der Waals surface area contributed by atoms with Gasteiger partial charge in [-0.1, -0.05) is 0 Å². The van der Waals surface area contributed by atoms with Crippen molar-refractivity contribution in [3.8, 4) is 0 Å². The molecule has 1 heterocycles. The predicted octanol–water partition coefficient (Wildman–Crippen LogP) is 2.35. The molecule has 0 saturated carbocycles. The minimum Gasteiger partial charge on any atom is -0.379 e. The second-order valence-corrected chi connectivity index (χ2v) is 8.93. The fraction of sp³-hybridized carbons (Fsp3) is 0.556. The average Bonchev–Trinajstić information content (AvgIpc) is 2.66. The zero-order chi connectivity index (χ0) is 20.7. The molecule has 2 rings (SSSR count). The fourth-order valence-corrected chi connectivity index (χ4v) is 4.47. The molecule has 10 heteroatoms. The van der Waals surface area contributed by atoms with Crippen LogP contribution in [0.3, 0.4) is 0 Å². The molecule has 0 aliphatic carbocycles. The molecule has 1 aromatic rings. The van der Waals surface area contributed by atoms with E-state index in [2.05, 4.69) is 10.2 Å². The third kappa shape index (κ3) is 5.66. The summed E-state index contributed by atoms with van der Waals surface area (Å²) in [5.41, 5.74) is -0.00784. The maximum atomic E-state index is 12.3. The Morgan fingerprint density at radius 2 is 2.07 bits per heavy atom. The number of hydrogen-bond donors (Lipinski definition) is 1. The molecule has 1 N–H and O–H groups in total. The normalized spacial score (nSPS) is 15.1. The third-order valence-electron chi connectivity index (χ3n) is 4.85. The number of anilines is 1. The molecule has 0 spiro atoms. The van der Waals surface area contributed by atoms with Gasteiger partial charge in [-0.3, -0.25) is 14.9 Å². The maximum Gasteiger partial charge on any atom is 0.293 e. The van der Waals surface area contributed by atoms with Crippen molar-refractivity contribution in [2.45, 2.75) is 31.1 Å². The van der Waals surface area contributed by atoms with Crippen molar-refractivity contribution < 1.29 is 18.1 Å². The van der Waals surface area contributed by atoms with E-state index in [4.69, 9.17) is 6.57 Å². The summed E-state index contributed by atoms with van der Waals surface area (Å²) in [4.78, 5) is 27.0. The van der Waals surface area contributed by atoms with Gasteiger partial charge in [-0.05, 0) is 30.9 Å². The SMILES string of the molecule is [C-]#[N+]CCCS(=O)(=O)c1ccc(NCC2CCN(C(C)=O)CC2)c([N+](=O)[O-])c1. The first kappa shape index (κ1) is 21.6. The van der Waals surface area contributed by atoms with Gasteiger partial charge in [-0.2, -0.15) is 0 Å². The monoisotopic (exact) mass is 408 g/mol. The number of benzene rings is 1. The highest BCUT2D eigenvalue weighted by molar-refractivity contribution is 7.91. The van der Waals surface area contributed by atoms with Crippen molar-refractivity contribution in [1.82, 2.24) is 4.90 Å². The summed E-state index contributed by atoms with van der Waals surface area (Å²) in [6.07, 6.45) is 1.82. The lowest BCUT2D eigenvalue weighted by atomic mass is 9.96. The number of carbonyl (C=O) groups is 1. The fourth-order valence-electron chi connectivity index (χ4n) is 3.16. The Labute approximate surface area is 164 Å². The number of piperidine rings is 1. The number of amides is 1. The molecular formula is C18H24N4O5S. The van der Waals surface area contributed by atoms with Crippen LogP contribution >= 0.6 is 0 Å². The summed E-state index contributed by atoms with van der Waals surface area (Å²) in [6.45, 7) is 10.2. The standard InChI is InChI=1S/C18H24N4O5S/c1-14(23)21-9-6-15(7-10-21)13-20-17-5-4-16(12-18(17)22(24)25)28(26,27)11-3-8-19-2/h4-5,12,15,20H,3,6-11,13H2,1H3. The van der Waals surface area contributed by atoms with Crippen LogP contribution in [0.1, 0.15) is 26.2 Å². The lowest BCUT2D eigenvalue weighted by Crippen LogP contribution is -2.38. The molecule has 0 bridgehead atoms. The van der Waals surface area contributed by atoms with Gasteiger partial charge in [0.05, 0.1) is 15.6 Å². The van der Waals surface area contributed by atoms with Crippen molar-refractivity contribution in [2.75, 3.05) is 37.2 Å². The second kappa shape index (κ2) is 9.50. The second-order valence-electron chi connectivity index (χ2n) is 6.82. The maximum absolute atomic E-state index is 12.3. The number of nitrogens with zero attached hydrogens (tertiary/aromatic N) is 3. The Kier molecular flexibility index (Phi) is 7.34. The Morgan fingerprint density at radius 1 is 1.39 bits per heavy atom. The Bertz CT molecular complexity index is 870. The summed E-state index contributed by atoms with van der Waals surface area (Å²) in [7, 11) is -3.67. The Morgan fingerprint density at radius 3 is 2.64 bits per heavy atom. The van der Waals surface area contributed by atoms with Crippen molar-refractivity contribution in [2.24, 2.45) is 5.92 Å². The number of hydrogen-bond acceptors (Lipinski definition) is 6. The van der Waals surface area contributed by atoms with Crippen molar-refractivity contribution >= 4 is 27.1 Å². The van der Waals surface area contributed by atoms with Crippen LogP contribution in [0, 0.1) is 22.6 Å². The molecule has 1 aromatic carbocycles. The van der Waals surface area contributed by atoms with Gasteiger partial charge in [-0.15, -0.1) is 0 Å². The Hall–Kier alpha value is -2.67. The lowest BCUT2D eigenvalue weighted by molar-refractivity contribution is -0.384. The number of nitrogens with one attached hydrogen (secondary N) is 1.